The molecule has 1 amide bonds. The molecule has 216 valence electrons. The molecular formula is C30H48FNO6. The number of hydrogen-bond acceptors (Lipinski definition) is 6. The van der Waals surface area contributed by atoms with E-state index in [0.29, 0.717) is 6.61 Å². The molecule has 3 rings (SSSR count). The monoisotopic (exact) mass is 537 g/mol. The minimum Gasteiger partial charge on any atom is -0.376 e. The van der Waals surface area contributed by atoms with Crippen LogP contribution in [0.4, 0.5) is 4.39 Å². The molecule has 2 aliphatic heterocycles. The van der Waals surface area contributed by atoms with E-state index in [-0.39, 0.29) is 31.3 Å². The lowest BCUT2D eigenvalue weighted by molar-refractivity contribution is -0.277. The number of rotatable bonds is 18. The van der Waals surface area contributed by atoms with Gasteiger partial charge < -0.3 is 29.0 Å². The summed E-state index contributed by atoms with van der Waals surface area (Å²) >= 11 is 0. The number of unbranched alkanes of at least 4 members (excludes halogenated alkanes) is 9. The molecule has 38 heavy (non-hydrogen) atoms. The Kier molecular flexibility index (Phi) is 12.4. The first kappa shape index (κ1) is 31.0. The van der Waals surface area contributed by atoms with Crippen LogP contribution in [-0.4, -0.2) is 62.7 Å². The predicted molar refractivity (Wildman–Crippen MR) is 144 cm³/mol. The van der Waals surface area contributed by atoms with Crippen molar-refractivity contribution >= 4 is 5.91 Å². The van der Waals surface area contributed by atoms with Gasteiger partial charge in [-0.1, -0.05) is 76.8 Å². The van der Waals surface area contributed by atoms with Gasteiger partial charge in [0, 0.05) is 20.3 Å². The fourth-order valence-corrected chi connectivity index (χ4v) is 5.37. The number of amides is 1. The third kappa shape index (κ3) is 9.26. The van der Waals surface area contributed by atoms with Crippen molar-refractivity contribution in [2.45, 2.75) is 121 Å². The van der Waals surface area contributed by atoms with Crippen LogP contribution in [0.25, 0.3) is 0 Å². The molecule has 0 radical (unpaired) electrons. The van der Waals surface area contributed by atoms with Gasteiger partial charge in [0.2, 0.25) is 11.7 Å². The van der Waals surface area contributed by atoms with E-state index in [0.717, 1.165) is 18.4 Å². The van der Waals surface area contributed by atoms with E-state index in [9.17, 15) is 9.18 Å². The summed E-state index contributed by atoms with van der Waals surface area (Å²) in [6.45, 7) is 7.06. The zero-order valence-electron chi connectivity index (χ0n) is 23.8. The smallest absolute Gasteiger partial charge is 0.224 e. The highest BCUT2D eigenvalue weighted by atomic mass is 19.1. The average molecular weight is 538 g/mol. The summed E-state index contributed by atoms with van der Waals surface area (Å²) in [6, 6.07) is 5.91. The Morgan fingerprint density at radius 1 is 0.974 bits per heavy atom. The van der Waals surface area contributed by atoms with Gasteiger partial charge in [-0.15, -0.1) is 0 Å². The first-order valence-corrected chi connectivity index (χ1v) is 14.5. The Labute approximate surface area is 228 Å². The van der Waals surface area contributed by atoms with Crippen molar-refractivity contribution < 1.29 is 32.9 Å². The van der Waals surface area contributed by atoms with E-state index in [4.69, 9.17) is 23.7 Å². The lowest BCUT2D eigenvalue weighted by Gasteiger charge is -2.28. The van der Waals surface area contributed by atoms with E-state index in [1.165, 1.54) is 63.5 Å². The van der Waals surface area contributed by atoms with E-state index in [2.05, 4.69) is 12.2 Å². The van der Waals surface area contributed by atoms with Crippen LogP contribution in [0.15, 0.2) is 24.3 Å². The molecular weight excluding hydrogens is 489 g/mol. The molecule has 2 aliphatic rings. The fraction of sp³-hybridized carbons (Fsp3) is 0.767. The standard InChI is InChI=1S/C30H48FNO6/c1-5-6-7-8-9-10-11-12-13-14-19-35-22-30-28(37-29(2,3)38-30)27(34-4)25(36-30)21-32-26(33)20-23-15-17-24(31)18-16-23/h15-18,25,27-28H,5-14,19-22H2,1-4H3,(H,32,33)/t25-,27+,28-,30-/m0/s1. The molecule has 4 atom stereocenters. The third-order valence-corrected chi connectivity index (χ3v) is 7.27. The molecule has 7 nitrogen and oxygen atoms in total. The summed E-state index contributed by atoms with van der Waals surface area (Å²) in [7, 11) is 1.61. The van der Waals surface area contributed by atoms with Gasteiger partial charge in [-0.25, -0.2) is 4.39 Å². The molecule has 0 bridgehead atoms. The van der Waals surface area contributed by atoms with Crippen molar-refractivity contribution in [1.29, 1.82) is 0 Å². The van der Waals surface area contributed by atoms with Crippen LogP contribution in [0.2, 0.25) is 0 Å². The maximum Gasteiger partial charge on any atom is 0.224 e. The zero-order valence-corrected chi connectivity index (χ0v) is 23.8. The molecule has 1 aromatic carbocycles. The van der Waals surface area contributed by atoms with E-state index < -0.39 is 29.9 Å². The van der Waals surface area contributed by atoms with Gasteiger partial charge in [-0.05, 0) is 38.0 Å². The summed E-state index contributed by atoms with van der Waals surface area (Å²) < 4.78 is 43.7. The first-order valence-electron chi connectivity index (χ1n) is 14.5. The van der Waals surface area contributed by atoms with Crippen LogP contribution in [0, 0.1) is 5.82 Å². The zero-order chi connectivity index (χ0) is 27.4. The molecule has 0 saturated carbocycles. The summed E-state index contributed by atoms with van der Waals surface area (Å²) in [5.74, 6) is -2.43. The maximum atomic E-state index is 13.1. The summed E-state index contributed by atoms with van der Waals surface area (Å²) in [5.41, 5.74) is 0.738. The highest BCUT2D eigenvalue weighted by molar-refractivity contribution is 5.78. The summed E-state index contributed by atoms with van der Waals surface area (Å²) in [6.07, 6.45) is 11.5. The topological polar surface area (TPSA) is 75.3 Å². The van der Waals surface area contributed by atoms with E-state index in [1.807, 2.05) is 13.8 Å². The molecule has 8 heteroatoms. The van der Waals surface area contributed by atoms with Crippen LogP contribution in [0.1, 0.15) is 90.5 Å². The number of carbonyl (C=O) groups excluding carboxylic acids is 1. The molecule has 1 N–H and O–H groups in total. The Morgan fingerprint density at radius 3 is 2.24 bits per heavy atom. The Morgan fingerprint density at radius 2 is 1.61 bits per heavy atom. The minimum atomic E-state index is -1.09. The number of benzene rings is 1. The second-order valence-electron chi connectivity index (χ2n) is 11.1. The number of methoxy groups -OCH3 is 1. The van der Waals surface area contributed by atoms with Gasteiger partial charge in [0.25, 0.3) is 0 Å². The van der Waals surface area contributed by atoms with Crippen molar-refractivity contribution in [3.8, 4) is 0 Å². The Bertz CT molecular complexity index is 835. The van der Waals surface area contributed by atoms with Crippen LogP contribution in [0.3, 0.4) is 0 Å². The molecule has 0 aliphatic carbocycles. The molecule has 1 aromatic rings. The maximum absolute atomic E-state index is 13.1. The number of hydrogen-bond donors (Lipinski definition) is 1. The van der Waals surface area contributed by atoms with Crippen molar-refractivity contribution in [3.63, 3.8) is 0 Å². The van der Waals surface area contributed by atoms with Crippen molar-refractivity contribution in [2.75, 3.05) is 26.9 Å². The number of carbonyl (C=O) groups is 1. The molecule has 0 aromatic heterocycles. The quantitative estimate of drug-likeness (QED) is 0.243. The van der Waals surface area contributed by atoms with Gasteiger partial charge in [-0.2, -0.15) is 0 Å². The van der Waals surface area contributed by atoms with Gasteiger partial charge in [0.1, 0.15) is 30.7 Å². The molecule has 0 spiro atoms. The highest BCUT2D eigenvalue weighted by Gasteiger charge is 2.65. The van der Waals surface area contributed by atoms with Crippen molar-refractivity contribution in [3.05, 3.63) is 35.6 Å². The van der Waals surface area contributed by atoms with Crippen molar-refractivity contribution in [1.82, 2.24) is 5.32 Å². The lowest BCUT2D eigenvalue weighted by Crippen LogP contribution is -2.45. The average Bonchev–Trinajstić information content (AvgIpc) is 3.30. The predicted octanol–water partition coefficient (Wildman–Crippen LogP) is 5.68. The SMILES string of the molecule is CCCCCCCCCCCCOC[C@@]12O[C@@H](CNC(=O)Cc3ccc(F)cc3)[C@@H](OC)[C@@H]1OC(C)(C)O2. The Balaban J connectivity index is 1.41. The number of halogens is 1. The second-order valence-corrected chi connectivity index (χ2v) is 11.1. The van der Waals surface area contributed by atoms with Crippen LogP contribution < -0.4 is 5.32 Å². The van der Waals surface area contributed by atoms with Crippen LogP contribution >= 0.6 is 0 Å². The van der Waals surface area contributed by atoms with Gasteiger partial charge >= 0.3 is 0 Å². The second kappa shape index (κ2) is 15.3. The summed E-state index contributed by atoms with van der Waals surface area (Å²) in [5, 5.41) is 2.90. The molecule has 2 heterocycles. The number of ether oxygens (including phenoxy) is 5. The number of fused-ring (bicyclic) bond motifs is 1. The molecule has 2 saturated heterocycles. The third-order valence-electron chi connectivity index (χ3n) is 7.27. The van der Waals surface area contributed by atoms with Gasteiger partial charge in [0.05, 0.1) is 6.42 Å². The van der Waals surface area contributed by atoms with Gasteiger partial charge in [0.15, 0.2) is 5.79 Å². The van der Waals surface area contributed by atoms with E-state index >= 15 is 0 Å². The Hall–Kier alpha value is -1.58. The largest absolute Gasteiger partial charge is 0.376 e. The highest BCUT2D eigenvalue weighted by Crippen LogP contribution is 2.46. The van der Waals surface area contributed by atoms with Crippen LogP contribution in [-0.2, 0) is 34.9 Å². The molecule has 2 fully saturated rings. The van der Waals surface area contributed by atoms with Crippen LogP contribution in [0.5, 0.6) is 0 Å². The first-order chi connectivity index (χ1) is 18.3. The lowest BCUT2D eigenvalue weighted by atomic mass is 10.1. The normalized spacial score (nSPS) is 26.0. The van der Waals surface area contributed by atoms with Crippen molar-refractivity contribution in [2.24, 2.45) is 0 Å². The van der Waals surface area contributed by atoms with E-state index in [1.54, 1.807) is 19.2 Å². The summed E-state index contributed by atoms with van der Waals surface area (Å²) in [4.78, 5) is 12.5. The number of nitrogens with one attached hydrogen (secondary N) is 1. The minimum absolute atomic E-state index is 0.154. The van der Waals surface area contributed by atoms with Gasteiger partial charge in [-0.3, -0.25) is 4.79 Å². The molecule has 0 unspecified atom stereocenters. The fourth-order valence-electron chi connectivity index (χ4n) is 5.37.